The van der Waals surface area contributed by atoms with Gasteiger partial charge in [-0.15, -0.1) is 17.6 Å². The van der Waals surface area contributed by atoms with E-state index in [-0.39, 0.29) is 40.3 Å². The summed E-state index contributed by atoms with van der Waals surface area (Å²) >= 11 is 4.04. The summed E-state index contributed by atoms with van der Waals surface area (Å²) in [7, 11) is 0. The predicted octanol–water partition coefficient (Wildman–Crippen LogP) is 2.39. The second-order valence-electron chi connectivity index (χ2n) is 4.37. The van der Waals surface area contributed by atoms with Gasteiger partial charge in [0.1, 0.15) is 11.4 Å². The molecular formula is C12H16N3NaOS. The summed E-state index contributed by atoms with van der Waals surface area (Å²) < 4.78 is 5.78. The van der Waals surface area contributed by atoms with Gasteiger partial charge < -0.3 is 10.1 Å². The van der Waals surface area contributed by atoms with E-state index < -0.39 is 0 Å². The number of thiol groups is 1. The molecular weight excluding hydrogens is 257 g/mol. The Labute approximate surface area is 135 Å². The van der Waals surface area contributed by atoms with Gasteiger partial charge in [0.2, 0.25) is 6.19 Å². The molecule has 1 aromatic rings. The number of aliphatic imine (C=N–C) groups is 1. The molecule has 1 N–H and O–H groups in total. The first kappa shape index (κ1) is 17.3. The van der Waals surface area contributed by atoms with Crippen molar-refractivity contribution in [3.8, 4) is 11.9 Å². The zero-order valence-electron chi connectivity index (χ0n) is 10.1. The van der Waals surface area contributed by atoms with Gasteiger partial charge in [-0.1, -0.05) is 12.1 Å². The number of rotatable bonds is 2. The molecule has 6 heteroatoms. The van der Waals surface area contributed by atoms with Gasteiger partial charge >= 0.3 is 29.6 Å². The molecule has 0 heterocycles. The third kappa shape index (κ3) is 6.31. The summed E-state index contributed by atoms with van der Waals surface area (Å²) in [6.45, 7) is 5.90. The molecule has 0 amide bonds. The van der Waals surface area contributed by atoms with Crippen LogP contribution in [0.5, 0.6) is 5.75 Å². The first-order valence-corrected chi connectivity index (χ1v) is 5.58. The van der Waals surface area contributed by atoms with Gasteiger partial charge in [0.05, 0.1) is 5.69 Å². The number of amidine groups is 1. The molecule has 92 valence electrons. The van der Waals surface area contributed by atoms with Crippen molar-refractivity contribution < 1.29 is 4.74 Å². The fourth-order valence-corrected chi connectivity index (χ4v) is 1.35. The Balaban J connectivity index is 0.00000289. The number of nitrogens with one attached hydrogen (secondary N) is 1. The fourth-order valence-electron chi connectivity index (χ4n) is 1.18. The molecule has 0 aliphatic heterocycles. The Hall–Kier alpha value is -0.670. The normalized spacial score (nSPS) is 11.2. The topological polar surface area (TPSA) is 57.4 Å². The Morgan fingerprint density at radius 3 is 2.56 bits per heavy atom. The van der Waals surface area contributed by atoms with Crippen molar-refractivity contribution in [2.45, 2.75) is 26.4 Å². The summed E-state index contributed by atoms with van der Waals surface area (Å²) in [6.07, 6.45) is 1.66. The predicted molar refractivity (Wildman–Crippen MR) is 79.6 cm³/mol. The quantitative estimate of drug-likeness (QED) is 0.286. The monoisotopic (exact) mass is 273 g/mol. The first-order chi connectivity index (χ1) is 7.92. The maximum atomic E-state index is 8.41. The van der Waals surface area contributed by atoms with Crippen molar-refractivity contribution in [2.24, 2.45) is 4.99 Å². The van der Waals surface area contributed by atoms with Crippen LogP contribution in [0.25, 0.3) is 0 Å². The summed E-state index contributed by atoms with van der Waals surface area (Å²) in [6, 6.07) is 7.43. The van der Waals surface area contributed by atoms with Crippen molar-refractivity contribution in [2.75, 3.05) is 5.32 Å². The minimum atomic E-state index is -0.291. The number of hydrogen-bond acceptors (Lipinski definition) is 3. The van der Waals surface area contributed by atoms with Gasteiger partial charge in [0.25, 0.3) is 0 Å². The minimum absolute atomic E-state index is 0. The zero-order valence-corrected chi connectivity index (χ0v) is 11.0. The Bertz CT molecular complexity index is 463. The van der Waals surface area contributed by atoms with E-state index in [1.54, 1.807) is 6.19 Å². The summed E-state index contributed by atoms with van der Waals surface area (Å²) in [5.41, 5.74) is 0.437. The molecule has 0 atom stereocenters. The molecule has 1 rings (SSSR count). The van der Waals surface area contributed by atoms with Crippen molar-refractivity contribution in [1.82, 2.24) is 0 Å². The molecule has 0 unspecified atom stereocenters. The van der Waals surface area contributed by atoms with Crippen molar-refractivity contribution in [3.63, 3.8) is 0 Å². The fraction of sp³-hybridized carbons (Fsp3) is 0.333. The van der Waals surface area contributed by atoms with E-state index in [0.29, 0.717) is 5.75 Å². The van der Waals surface area contributed by atoms with Crippen LogP contribution in [0.2, 0.25) is 0 Å². The molecule has 0 bridgehead atoms. The SMILES string of the molecule is CC(C)(C)Oc1ccccc1NC(S)=NC#N.[NaH]. The molecule has 4 nitrogen and oxygen atoms in total. The zero-order chi connectivity index (χ0) is 12.9. The van der Waals surface area contributed by atoms with Crippen LogP contribution in [0.15, 0.2) is 29.3 Å². The van der Waals surface area contributed by atoms with Crippen LogP contribution in [-0.4, -0.2) is 40.3 Å². The van der Waals surface area contributed by atoms with Gasteiger partial charge in [-0.05, 0) is 32.9 Å². The average Bonchev–Trinajstić information content (AvgIpc) is 2.19. The average molecular weight is 273 g/mol. The van der Waals surface area contributed by atoms with Crippen molar-refractivity contribution >= 4 is 53.0 Å². The van der Waals surface area contributed by atoms with E-state index in [2.05, 4.69) is 22.9 Å². The van der Waals surface area contributed by atoms with E-state index in [4.69, 9.17) is 10.00 Å². The molecule has 0 aromatic heterocycles. The molecule has 18 heavy (non-hydrogen) atoms. The molecule has 0 aliphatic carbocycles. The standard InChI is InChI=1S/C12H15N3OS.Na.H/c1-12(2,3)16-10-7-5-4-6-9(10)15-11(17)14-8-13;;/h4-7H,1-3H3,(H2,14,15,17);;. The Morgan fingerprint density at radius 2 is 2.00 bits per heavy atom. The molecule has 0 aliphatic rings. The molecule has 0 saturated heterocycles. The molecule has 1 aromatic carbocycles. The summed E-state index contributed by atoms with van der Waals surface area (Å²) in [4.78, 5) is 3.48. The van der Waals surface area contributed by atoms with E-state index in [9.17, 15) is 0 Å². The number of nitrogens with zero attached hydrogens (tertiary/aromatic N) is 2. The van der Waals surface area contributed by atoms with Crippen LogP contribution >= 0.6 is 12.6 Å². The van der Waals surface area contributed by atoms with Gasteiger partial charge in [0, 0.05) is 0 Å². The van der Waals surface area contributed by atoms with Gasteiger partial charge in [-0.2, -0.15) is 5.26 Å². The number of anilines is 1. The van der Waals surface area contributed by atoms with Crippen LogP contribution in [0, 0.1) is 11.5 Å². The Morgan fingerprint density at radius 1 is 1.39 bits per heavy atom. The van der Waals surface area contributed by atoms with Crippen LogP contribution in [0.4, 0.5) is 5.69 Å². The first-order valence-electron chi connectivity index (χ1n) is 5.13. The van der Waals surface area contributed by atoms with Gasteiger partial charge in [-0.25, -0.2) is 0 Å². The van der Waals surface area contributed by atoms with Crippen LogP contribution < -0.4 is 10.1 Å². The number of para-hydroxylation sites is 2. The molecule has 0 saturated carbocycles. The van der Waals surface area contributed by atoms with E-state index in [1.165, 1.54) is 0 Å². The second kappa shape index (κ2) is 7.70. The van der Waals surface area contributed by atoms with E-state index in [1.807, 2.05) is 45.0 Å². The van der Waals surface area contributed by atoms with Crippen LogP contribution in [0.1, 0.15) is 20.8 Å². The van der Waals surface area contributed by atoms with E-state index in [0.717, 1.165) is 5.69 Å². The summed E-state index contributed by atoms with van der Waals surface area (Å²) in [5.74, 6) is 0.694. The maximum absolute atomic E-state index is 8.41. The molecule has 0 radical (unpaired) electrons. The number of hydrogen-bond donors (Lipinski definition) is 2. The number of ether oxygens (including phenoxy) is 1. The Kier molecular flexibility index (Phi) is 7.41. The molecule has 0 spiro atoms. The van der Waals surface area contributed by atoms with E-state index >= 15 is 0 Å². The van der Waals surface area contributed by atoms with Gasteiger partial charge in [0.15, 0.2) is 5.17 Å². The second-order valence-corrected chi connectivity index (χ2v) is 4.79. The van der Waals surface area contributed by atoms with Gasteiger partial charge in [-0.3, -0.25) is 0 Å². The third-order valence-corrected chi connectivity index (χ3v) is 1.92. The van der Waals surface area contributed by atoms with Crippen LogP contribution in [-0.2, 0) is 0 Å². The number of benzene rings is 1. The van der Waals surface area contributed by atoms with Crippen LogP contribution in [0.3, 0.4) is 0 Å². The third-order valence-electron chi connectivity index (χ3n) is 1.71. The number of nitriles is 1. The van der Waals surface area contributed by atoms with Crippen molar-refractivity contribution in [1.29, 1.82) is 5.26 Å². The van der Waals surface area contributed by atoms with Crippen molar-refractivity contribution in [3.05, 3.63) is 24.3 Å². The molecule has 0 fully saturated rings. The summed E-state index contributed by atoms with van der Waals surface area (Å²) in [5, 5.41) is 11.5.